The Labute approximate surface area is 101 Å². The largest absolute Gasteiger partial charge is 0.479 e. The third kappa shape index (κ3) is 2.77. The Balaban J connectivity index is 2.00. The average Bonchev–Trinajstić information content (AvgIpc) is 2.75. The number of carbonyl (C=O) groups excluding carboxylic acids is 1. The van der Waals surface area contributed by atoms with E-state index in [-0.39, 0.29) is 12.0 Å². The number of carbonyl (C=O) groups is 1. The van der Waals surface area contributed by atoms with Gasteiger partial charge in [-0.05, 0) is 24.1 Å². The molecule has 92 valence electrons. The molecule has 1 aliphatic heterocycles. The molecule has 1 aromatic carbocycles. The van der Waals surface area contributed by atoms with E-state index in [1.54, 1.807) is 0 Å². The molecule has 1 aromatic rings. The Morgan fingerprint density at radius 2 is 2.18 bits per heavy atom. The van der Waals surface area contributed by atoms with E-state index in [1.807, 2.05) is 31.2 Å². The molecule has 4 nitrogen and oxygen atoms in total. The maximum atomic E-state index is 11.2. The minimum absolute atomic E-state index is 0.0560. The zero-order valence-corrected chi connectivity index (χ0v) is 9.89. The first-order valence-electron chi connectivity index (χ1n) is 5.89. The minimum atomic E-state index is -0.458. The Morgan fingerprint density at radius 3 is 2.71 bits per heavy atom. The third-order valence-electron chi connectivity index (χ3n) is 2.91. The lowest BCUT2D eigenvalue weighted by molar-refractivity contribution is -0.143. The molecule has 0 amide bonds. The van der Waals surface area contributed by atoms with Gasteiger partial charge in [0.2, 0.25) is 0 Å². The lowest BCUT2D eigenvalue weighted by Gasteiger charge is -2.12. The van der Waals surface area contributed by atoms with Gasteiger partial charge < -0.3 is 15.2 Å². The predicted molar refractivity (Wildman–Crippen MR) is 63.7 cm³/mol. The van der Waals surface area contributed by atoms with Crippen LogP contribution in [-0.2, 0) is 9.53 Å². The fraction of sp³-hybridized carbons (Fsp3) is 0.462. The number of hydrogen-bond acceptors (Lipinski definition) is 4. The summed E-state index contributed by atoms with van der Waals surface area (Å²) in [6.45, 7) is 2.49. The van der Waals surface area contributed by atoms with Crippen LogP contribution in [0.4, 0.5) is 0 Å². The Bertz CT molecular complexity index is 388. The van der Waals surface area contributed by atoms with Crippen molar-refractivity contribution in [3.05, 3.63) is 29.8 Å². The van der Waals surface area contributed by atoms with Crippen LogP contribution in [0.3, 0.4) is 0 Å². The van der Waals surface area contributed by atoms with Gasteiger partial charge in [-0.15, -0.1) is 0 Å². The van der Waals surface area contributed by atoms with Gasteiger partial charge in [-0.3, -0.25) is 0 Å². The smallest absolute Gasteiger partial charge is 0.347 e. The van der Waals surface area contributed by atoms with E-state index in [0.717, 1.165) is 12.0 Å². The van der Waals surface area contributed by atoms with Gasteiger partial charge in [0.1, 0.15) is 5.75 Å². The standard InChI is InChI=1S/C13H17NO3/c1-2-11(14)9-3-5-10(6-4-9)17-12-7-8-16-13(12)15/h3-6,11-12H,2,7-8,14H2,1H3/t11-,12?/m1/s1. The molecule has 4 heteroatoms. The van der Waals surface area contributed by atoms with Crippen LogP contribution in [0.2, 0.25) is 0 Å². The first-order chi connectivity index (χ1) is 8.20. The number of hydrogen-bond donors (Lipinski definition) is 1. The number of nitrogens with two attached hydrogens (primary N) is 1. The number of ether oxygens (including phenoxy) is 2. The van der Waals surface area contributed by atoms with Crippen molar-refractivity contribution in [2.45, 2.75) is 31.9 Å². The van der Waals surface area contributed by atoms with Crippen LogP contribution in [0.25, 0.3) is 0 Å². The minimum Gasteiger partial charge on any atom is -0.479 e. The van der Waals surface area contributed by atoms with Gasteiger partial charge in [0, 0.05) is 12.5 Å². The Hall–Kier alpha value is -1.55. The van der Waals surface area contributed by atoms with Crippen LogP contribution in [-0.4, -0.2) is 18.7 Å². The van der Waals surface area contributed by atoms with E-state index in [0.29, 0.717) is 18.8 Å². The summed E-state index contributed by atoms with van der Waals surface area (Å²) in [7, 11) is 0. The van der Waals surface area contributed by atoms with E-state index in [4.69, 9.17) is 15.2 Å². The summed E-state index contributed by atoms with van der Waals surface area (Å²) < 4.78 is 10.4. The third-order valence-corrected chi connectivity index (χ3v) is 2.91. The molecular weight excluding hydrogens is 218 g/mol. The Kier molecular flexibility index (Phi) is 3.64. The summed E-state index contributed by atoms with van der Waals surface area (Å²) in [5, 5.41) is 0. The molecule has 0 bridgehead atoms. The Morgan fingerprint density at radius 1 is 1.47 bits per heavy atom. The summed E-state index contributed by atoms with van der Waals surface area (Å²) in [5.74, 6) is 0.403. The lowest BCUT2D eigenvalue weighted by Crippen LogP contribution is -2.21. The zero-order chi connectivity index (χ0) is 12.3. The van der Waals surface area contributed by atoms with Crippen LogP contribution in [0.1, 0.15) is 31.4 Å². The van der Waals surface area contributed by atoms with Gasteiger partial charge in [-0.2, -0.15) is 0 Å². The van der Waals surface area contributed by atoms with E-state index >= 15 is 0 Å². The van der Waals surface area contributed by atoms with Gasteiger partial charge in [0.05, 0.1) is 6.61 Å². The van der Waals surface area contributed by atoms with Crippen molar-refractivity contribution in [1.82, 2.24) is 0 Å². The van der Waals surface area contributed by atoms with E-state index in [9.17, 15) is 4.79 Å². The van der Waals surface area contributed by atoms with Crippen molar-refractivity contribution in [3.8, 4) is 5.75 Å². The summed E-state index contributed by atoms with van der Waals surface area (Å²) in [5.41, 5.74) is 6.99. The molecule has 2 atom stereocenters. The maximum absolute atomic E-state index is 11.2. The fourth-order valence-corrected chi connectivity index (χ4v) is 1.78. The zero-order valence-electron chi connectivity index (χ0n) is 9.89. The molecule has 0 aromatic heterocycles. The molecule has 1 aliphatic rings. The second-order valence-electron chi connectivity index (χ2n) is 4.15. The molecular formula is C13H17NO3. The fourth-order valence-electron chi connectivity index (χ4n) is 1.78. The molecule has 1 fully saturated rings. The van der Waals surface area contributed by atoms with Crippen molar-refractivity contribution in [3.63, 3.8) is 0 Å². The molecule has 0 aliphatic carbocycles. The van der Waals surface area contributed by atoms with E-state index in [2.05, 4.69) is 0 Å². The quantitative estimate of drug-likeness (QED) is 0.808. The monoisotopic (exact) mass is 235 g/mol. The number of benzene rings is 1. The molecule has 0 radical (unpaired) electrons. The van der Waals surface area contributed by atoms with Crippen molar-refractivity contribution in [1.29, 1.82) is 0 Å². The molecule has 0 saturated carbocycles. The van der Waals surface area contributed by atoms with Crippen molar-refractivity contribution in [2.24, 2.45) is 5.73 Å². The number of cyclic esters (lactones) is 1. The van der Waals surface area contributed by atoms with Gasteiger partial charge in [0.15, 0.2) is 6.10 Å². The normalized spacial score (nSPS) is 21.1. The molecule has 2 N–H and O–H groups in total. The van der Waals surface area contributed by atoms with Crippen LogP contribution >= 0.6 is 0 Å². The highest BCUT2D eigenvalue weighted by Gasteiger charge is 2.28. The highest BCUT2D eigenvalue weighted by Crippen LogP contribution is 2.21. The van der Waals surface area contributed by atoms with Crippen LogP contribution in [0.15, 0.2) is 24.3 Å². The van der Waals surface area contributed by atoms with Crippen LogP contribution < -0.4 is 10.5 Å². The highest BCUT2D eigenvalue weighted by molar-refractivity contribution is 5.76. The first-order valence-corrected chi connectivity index (χ1v) is 5.89. The van der Waals surface area contributed by atoms with Gasteiger partial charge in [-0.1, -0.05) is 19.1 Å². The van der Waals surface area contributed by atoms with Gasteiger partial charge in [-0.25, -0.2) is 4.79 Å². The maximum Gasteiger partial charge on any atom is 0.347 e. The lowest BCUT2D eigenvalue weighted by atomic mass is 10.1. The van der Waals surface area contributed by atoms with Crippen LogP contribution in [0.5, 0.6) is 5.75 Å². The first kappa shape index (κ1) is 11.9. The second-order valence-corrected chi connectivity index (χ2v) is 4.15. The molecule has 1 saturated heterocycles. The van der Waals surface area contributed by atoms with Gasteiger partial charge >= 0.3 is 5.97 Å². The molecule has 0 spiro atoms. The molecule has 17 heavy (non-hydrogen) atoms. The topological polar surface area (TPSA) is 61.6 Å². The number of rotatable bonds is 4. The predicted octanol–water partition coefficient (Wildman–Crippen LogP) is 1.79. The van der Waals surface area contributed by atoms with Crippen molar-refractivity contribution >= 4 is 5.97 Å². The van der Waals surface area contributed by atoms with Gasteiger partial charge in [0.25, 0.3) is 0 Å². The molecule has 1 heterocycles. The summed E-state index contributed by atoms with van der Waals surface area (Å²) in [4.78, 5) is 11.2. The molecule has 2 rings (SSSR count). The van der Waals surface area contributed by atoms with Crippen LogP contribution in [0, 0.1) is 0 Å². The SMILES string of the molecule is CC[C@@H](N)c1ccc(OC2CCOC2=O)cc1. The average molecular weight is 235 g/mol. The van der Waals surface area contributed by atoms with E-state index in [1.165, 1.54) is 0 Å². The summed E-state index contributed by atoms with van der Waals surface area (Å²) >= 11 is 0. The van der Waals surface area contributed by atoms with Crippen molar-refractivity contribution < 1.29 is 14.3 Å². The number of esters is 1. The van der Waals surface area contributed by atoms with Crippen molar-refractivity contribution in [2.75, 3.05) is 6.61 Å². The summed E-state index contributed by atoms with van der Waals surface area (Å²) in [6.07, 6.45) is 1.06. The second kappa shape index (κ2) is 5.19. The summed E-state index contributed by atoms with van der Waals surface area (Å²) in [6, 6.07) is 7.61. The highest BCUT2D eigenvalue weighted by atomic mass is 16.6. The molecule has 1 unspecified atom stereocenters. The van der Waals surface area contributed by atoms with E-state index < -0.39 is 6.10 Å².